The monoisotopic (exact) mass is 488 g/mol. The highest BCUT2D eigenvalue weighted by Crippen LogP contribution is 2.33. The van der Waals surface area contributed by atoms with Gasteiger partial charge in [0.2, 0.25) is 11.1 Å². The molecule has 2 N–H and O–H groups in total. The van der Waals surface area contributed by atoms with Crippen LogP contribution in [-0.4, -0.2) is 49.3 Å². The van der Waals surface area contributed by atoms with Crippen LogP contribution < -0.4 is 10.7 Å². The lowest BCUT2D eigenvalue weighted by Gasteiger charge is -2.30. The highest BCUT2D eigenvalue weighted by Gasteiger charge is 2.52. The van der Waals surface area contributed by atoms with Crippen molar-refractivity contribution < 1.29 is 14.4 Å². The minimum Gasteiger partial charge on any atom is -0.322 e. The molecule has 10 heteroatoms. The molecular weight excluding hydrogens is 464 g/mol. The fourth-order valence-electron chi connectivity index (χ4n) is 4.46. The van der Waals surface area contributed by atoms with Crippen molar-refractivity contribution in [3.63, 3.8) is 0 Å². The van der Waals surface area contributed by atoms with E-state index in [0.717, 1.165) is 47.2 Å². The molecular formula is C25H24N6O3S. The van der Waals surface area contributed by atoms with Crippen molar-refractivity contribution in [2.24, 2.45) is 0 Å². The minimum atomic E-state index is -0.888. The Bertz CT molecular complexity index is 1250. The number of amides is 4. The van der Waals surface area contributed by atoms with Gasteiger partial charge in [0, 0.05) is 11.1 Å². The molecule has 5 rings (SSSR count). The predicted octanol–water partition coefficient (Wildman–Crippen LogP) is 3.58. The van der Waals surface area contributed by atoms with E-state index in [2.05, 4.69) is 25.9 Å². The second-order valence-electron chi connectivity index (χ2n) is 8.56. The molecule has 4 amide bonds. The van der Waals surface area contributed by atoms with Crippen LogP contribution in [0, 0.1) is 0 Å². The number of hydrogen-bond donors (Lipinski definition) is 2. The van der Waals surface area contributed by atoms with E-state index < -0.39 is 23.4 Å². The van der Waals surface area contributed by atoms with Crippen molar-refractivity contribution in [1.82, 2.24) is 30.9 Å². The Morgan fingerprint density at radius 2 is 1.54 bits per heavy atom. The van der Waals surface area contributed by atoms with E-state index in [1.165, 1.54) is 0 Å². The van der Waals surface area contributed by atoms with Gasteiger partial charge in [-0.15, -0.1) is 10.2 Å². The number of hydrazine groups is 1. The lowest BCUT2D eigenvalue weighted by Crippen LogP contribution is -2.51. The Balaban J connectivity index is 1.30. The highest BCUT2D eigenvalue weighted by molar-refractivity contribution is 7.99. The van der Waals surface area contributed by atoms with Gasteiger partial charge in [-0.2, -0.15) is 5.01 Å². The lowest BCUT2D eigenvalue weighted by molar-refractivity contribution is -0.139. The van der Waals surface area contributed by atoms with Crippen molar-refractivity contribution in [2.75, 3.05) is 5.75 Å². The Labute approximate surface area is 206 Å². The summed E-state index contributed by atoms with van der Waals surface area (Å²) in [7, 11) is 0. The van der Waals surface area contributed by atoms with Crippen LogP contribution in [0.1, 0.15) is 32.1 Å². The number of hydrogen-bond acceptors (Lipinski definition) is 7. The summed E-state index contributed by atoms with van der Waals surface area (Å²) in [4.78, 5) is 42.5. The van der Waals surface area contributed by atoms with Gasteiger partial charge in [0.15, 0.2) is 0 Å². The Kier molecular flexibility index (Phi) is 6.45. The number of nitrogens with zero attached hydrogens (tertiary/aromatic N) is 4. The fourth-order valence-corrected chi connectivity index (χ4v) is 5.04. The maximum atomic E-state index is 12.9. The zero-order valence-electron chi connectivity index (χ0n) is 18.9. The van der Waals surface area contributed by atoms with Gasteiger partial charge in [-0.3, -0.25) is 15.0 Å². The third-order valence-electron chi connectivity index (χ3n) is 6.20. The molecule has 2 aliphatic rings. The number of benzene rings is 2. The van der Waals surface area contributed by atoms with Crippen molar-refractivity contribution in [1.29, 1.82) is 0 Å². The summed E-state index contributed by atoms with van der Waals surface area (Å²) in [6.07, 6.45) is 3.96. The Morgan fingerprint density at radius 3 is 2.20 bits per heavy atom. The summed E-state index contributed by atoms with van der Waals surface area (Å²) in [6, 6.07) is 18.7. The second kappa shape index (κ2) is 9.83. The molecule has 9 nitrogen and oxygen atoms in total. The van der Waals surface area contributed by atoms with Crippen LogP contribution in [0.15, 0.2) is 65.8 Å². The largest absolute Gasteiger partial charge is 0.344 e. The number of urea groups is 1. The molecule has 2 aromatic carbocycles. The van der Waals surface area contributed by atoms with Gasteiger partial charge in [0.25, 0.3) is 5.91 Å². The van der Waals surface area contributed by atoms with Gasteiger partial charge >= 0.3 is 6.03 Å². The lowest BCUT2D eigenvalue weighted by atomic mass is 9.82. The Hall–Kier alpha value is -3.79. The molecule has 178 valence electrons. The molecule has 1 spiro atoms. The number of imide groups is 1. The van der Waals surface area contributed by atoms with Crippen LogP contribution in [-0.2, 0) is 9.59 Å². The first-order chi connectivity index (χ1) is 17.1. The first-order valence-electron chi connectivity index (χ1n) is 11.5. The number of rotatable bonds is 6. The summed E-state index contributed by atoms with van der Waals surface area (Å²) in [5.74, 6) is -0.967. The van der Waals surface area contributed by atoms with Crippen molar-refractivity contribution >= 4 is 29.6 Å². The van der Waals surface area contributed by atoms with Crippen molar-refractivity contribution in [3.05, 3.63) is 60.7 Å². The normalized spacial score (nSPS) is 16.9. The number of carbonyl (C=O) groups is 3. The van der Waals surface area contributed by atoms with E-state index in [-0.39, 0.29) is 5.75 Å². The molecule has 0 unspecified atom stereocenters. The molecule has 1 aliphatic heterocycles. The van der Waals surface area contributed by atoms with Crippen LogP contribution in [0.25, 0.3) is 22.5 Å². The molecule has 1 aliphatic carbocycles. The minimum absolute atomic E-state index is 0.0787. The molecule has 0 atom stereocenters. The van der Waals surface area contributed by atoms with E-state index in [1.54, 1.807) is 0 Å². The molecule has 1 aromatic heterocycles. The first-order valence-corrected chi connectivity index (χ1v) is 12.5. The van der Waals surface area contributed by atoms with Crippen LogP contribution in [0.2, 0.25) is 0 Å². The van der Waals surface area contributed by atoms with Gasteiger partial charge in [0.1, 0.15) is 16.9 Å². The summed E-state index contributed by atoms with van der Waals surface area (Å²) >= 11 is 1.09. The molecule has 1 saturated carbocycles. The van der Waals surface area contributed by atoms with Crippen LogP contribution in [0.5, 0.6) is 0 Å². The van der Waals surface area contributed by atoms with Gasteiger partial charge in [-0.25, -0.2) is 9.78 Å². The first kappa shape index (κ1) is 23.0. The van der Waals surface area contributed by atoms with Gasteiger partial charge in [0.05, 0.1) is 5.75 Å². The molecule has 2 heterocycles. The quantitative estimate of drug-likeness (QED) is 0.402. The summed E-state index contributed by atoms with van der Waals surface area (Å²) in [6.45, 7) is 0. The highest BCUT2D eigenvalue weighted by atomic mass is 32.2. The second-order valence-corrected chi connectivity index (χ2v) is 9.50. The van der Waals surface area contributed by atoms with Crippen LogP contribution in [0.4, 0.5) is 4.79 Å². The summed E-state index contributed by atoms with van der Waals surface area (Å²) < 4.78 is 0. The smallest absolute Gasteiger partial charge is 0.322 e. The van der Waals surface area contributed by atoms with Gasteiger partial charge in [-0.05, 0) is 12.8 Å². The zero-order valence-corrected chi connectivity index (χ0v) is 19.8. The summed E-state index contributed by atoms with van der Waals surface area (Å²) in [5, 5.41) is 12.5. The van der Waals surface area contributed by atoms with Crippen LogP contribution in [0.3, 0.4) is 0 Å². The van der Waals surface area contributed by atoms with Crippen molar-refractivity contribution in [3.8, 4) is 22.5 Å². The molecule has 0 radical (unpaired) electrons. The molecule has 0 bridgehead atoms. The van der Waals surface area contributed by atoms with Crippen molar-refractivity contribution in [2.45, 2.75) is 42.8 Å². The van der Waals surface area contributed by atoms with E-state index in [0.29, 0.717) is 29.4 Å². The van der Waals surface area contributed by atoms with Gasteiger partial charge in [-0.1, -0.05) is 91.7 Å². The number of thioether (sulfide) groups is 1. The fraction of sp³-hybridized carbons (Fsp3) is 0.280. The average molecular weight is 489 g/mol. The third-order valence-corrected chi connectivity index (χ3v) is 7.04. The number of aromatic nitrogens is 3. The molecule has 3 aromatic rings. The Morgan fingerprint density at radius 1 is 0.914 bits per heavy atom. The predicted molar refractivity (Wildman–Crippen MR) is 131 cm³/mol. The maximum absolute atomic E-state index is 12.9. The SMILES string of the molecule is O=C(CSc1nnc(-c2ccccc2)c(-c2ccccc2)n1)NN1C(=O)NC2(CCCCC2)C1=O. The standard InChI is InChI=1S/C25H24N6O3S/c32-19(30-31-22(33)25(27-24(31)34)14-8-3-9-15-25)16-35-23-26-20(17-10-4-1-5-11-17)21(28-29-23)18-12-6-2-7-13-18/h1-2,4-7,10-13H,3,8-9,14-16H2,(H,27,34)(H,30,32). The zero-order chi connectivity index (χ0) is 24.3. The number of carbonyl (C=O) groups excluding carboxylic acids is 3. The number of nitrogens with one attached hydrogen (secondary N) is 2. The van der Waals surface area contributed by atoms with Crippen LogP contribution >= 0.6 is 11.8 Å². The summed E-state index contributed by atoms with van der Waals surface area (Å²) in [5.41, 5.74) is 4.61. The molecule has 1 saturated heterocycles. The molecule has 2 fully saturated rings. The molecule has 35 heavy (non-hydrogen) atoms. The topological polar surface area (TPSA) is 117 Å². The van der Waals surface area contributed by atoms with E-state index >= 15 is 0 Å². The third kappa shape index (κ3) is 4.74. The van der Waals surface area contributed by atoms with E-state index in [4.69, 9.17) is 0 Å². The van der Waals surface area contributed by atoms with E-state index in [1.807, 2.05) is 60.7 Å². The average Bonchev–Trinajstić information content (AvgIpc) is 3.12. The maximum Gasteiger partial charge on any atom is 0.344 e. The van der Waals surface area contributed by atoms with E-state index in [9.17, 15) is 14.4 Å². The van der Waals surface area contributed by atoms with Gasteiger partial charge < -0.3 is 5.32 Å².